The Balaban J connectivity index is 1.47. The van der Waals surface area contributed by atoms with Gasteiger partial charge in [-0.3, -0.25) is 4.79 Å². The van der Waals surface area contributed by atoms with Gasteiger partial charge in [0.2, 0.25) is 10.0 Å². The maximum Gasteiger partial charge on any atom is 0.251 e. The van der Waals surface area contributed by atoms with Gasteiger partial charge in [-0.1, -0.05) is 34.6 Å². The van der Waals surface area contributed by atoms with E-state index in [2.05, 4.69) is 20.3 Å². The normalized spacial score (nSPS) is 15.9. The largest absolute Gasteiger partial charge is 0.349 e. The van der Waals surface area contributed by atoms with E-state index in [0.717, 1.165) is 11.1 Å². The zero-order valence-electron chi connectivity index (χ0n) is 16.7. The number of rotatable bonds is 6. The van der Waals surface area contributed by atoms with E-state index in [9.17, 15) is 13.2 Å². The monoisotopic (exact) mass is 426 g/mol. The fraction of sp³-hybridized carbons (Fsp3) is 0.286. The van der Waals surface area contributed by atoms with Crippen LogP contribution in [0.25, 0.3) is 0 Å². The predicted molar refractivity (Wildman–Crippen MR) is 109 cm³/mol. The second-order valence-electron chi connectivity index (χ2n) is 7.43. The minimum absolute atomic E-state index is 0.0627. The number of carbonyl (C=O) groups excluding carboxylic acids is 1. The summed E-state index contributed by atoms with van der Waals surface area (Å²) in [6.07, 6.45) is 1.27. The second kappa shape index (κ2) is 8.00. The van der Waals surface area contributed by atoms with Crippen molar-refractivity contribution in [2.45, 2.75) is 37.2 Å². The molecule has 0 saturated carbocycles. The molecule has 1 heterocycles. The Morgan fingerprint density at radius 3 is 2.57 bits per heavy atom. The molecule has 0 bridgehead atoms. The van der Waals surface area contributed by atoms with Crippen LogP contribution in [-0.4, -0.2) is 42.0 Å². The zero-order valence-corrected chi connectivity index (χ0v) is 17.5. The van der Waals surface area contributed by atoms with Gasteiger partial charge in [0.05, 0.1) is 11.4 Å². The van der Waals surface area contributed by atoms with Gasteiger partial charge in [0, 0.05) is 18.7 Å². The first-order valence-corrected chi connectivity index (χ1v) is 11.0. The van der Waals surface area contributed by atoms with Crippen molar-refractivity contribution >= 4 is 15.9 Å². The SMILES string of the molecule is Cc1nonc1CN(C)S(=O)(=O)c1ccc2c(c1)C[C@@H](NC(=O)c1ccccc1)C2. The summed E-state index contributed by atoms with van der Waals surface area (Å²) in [5.41, 5.74) is 3.62. The standard InChI is InChI=1S/C21H22N4O4S/c1-14-20(24-29-23-14)13-25(2)30(27,28)19-9-8-16-10-18(11-17(16)12-19)22-21(26)15-6-4-3-5-7-15/h3-9,12,18H,10-11,13H2,1-2H3,(H,22,26)/t18-/m0/s1. The lowest BCUT2D eigenvalue weighted by atomic mass is 10.1. The summed E-state index contributed by atoms with van der Waals surface area (Å²) >= 11 is 0. The highest BCUT2D eigenvalue weighted by Crippen LogP contribution is 2.27. The van der Waals surface area contributed by atoms with E-state index in [1.165, 1.54) is 11.4 Å². The maximum absolute atomic E-state index is 13.0. The highest BCUT2D eigenvalue weighted by molar-refractivity contribution is 7.89. The number of aryl methyl sites for hydroxylation is 1. The Kier molecular flexibility index (Phi) is 5.40. The molecule has 2 aromatic carbocycles. The Morgan fingerprint density at radius 2 is 1.87 bits per heavy atom. The third kappa shape index (κ3) is 3.99. The van der Waals surface area contributed by atoms with Crippen LogP contribution in [0.2, 0.25) is 0 Å². The van der Waals surface area contributed by atoms with E-state index in [0.29, 0.717) is 29.8 Å². The number of hydrogen-bond acceptors (Lipinski definition) is 6. The molecule has 0 fully saturated rings. The van der Waals surface area contributed by atoms with E-state index in [1.54, 1.807) is 31.2 Å². The minimum atomic E-state index is -3.70. The number of benzene rings is 2. The average molecular weight is 426 g/mol. The molecule has 8 nitrogen and oxygen atoms in total. The Bertz CT molecular complexity index is 1170. The summed E-state index contributed by atoms with van der Waals surface area (Å²) in [6.45, 7) is 1.79. The van der Waals surface area contributed by atoms with Crippen LogP contribution in [0.5, 0.6) is 0 Å². The van der Waals surface area contributed by atoms with Crippen LogP contribution in [0.1, 0.15) is 32.9 Å². The second-order valence-corrected chi connectivity index (χ2v) is 9.48. The lowest BCUT2D eigenvalue weighted by Crippen LogP contribution is -2.35. The van der Waals surface area contributed by atoms with E-state index in [-0.39, 0.29) is 23.4 Å². The molecule has 0 unspecified atom stereocenters. The van der Waals surface area contributed by atoms with Crippen LogP contribution in [0.15, 0.2) is 58.1 Å². The van der Waals surface area contributed by atoms with Crippen LogP contribution in [0, 0.1) is 6.92 Å². The highest BCUT2D eigenvalue weighted by Gasteiger charge is 2.28. The summed E-state index contributed by atoms with van der Waals surface area (Å²) in [5, 5.41) is 10.5. The number of carbonyl (C=O) groups is 1. The quantitative estimate of drug-likeness (QED) is 0.647. The first-order valence-electron chi connectivity index (χ1n) is 9.56. The third-order valence-corrected chi connectivity index (χ3v) is 7.11. The number of hydrogen-bond donors (Lipinski definition) is 1. The zero-order chi connectivity index (χ0) is 21.3. The lowest BCUT2D eigenvalue weighted by molar-refractivity contribution is 0.0938. The molecular formula is C21H22N4O4S. The van der Waals surface area contributed by atoms with Crippen molar-refractivity contribution in [3.05, 3.63) is 76.6 Å². The molecule has 9 heteroatoms. The lowest BCUT2D eigenvalue weighted by Gasteiger charge is -2.16. The molecule has 1 atom stereocenters. The topological polar surface area (TPSA) is 105 Å². The van der Waals surface area contributed by atoms with Gasteiger partial charge in [0.15, 0.2) is 0 Å². The number of nitrogens with zero attached hydrogens (tertiary/aromatic N) is 3. The summed E-state index contributed by atoms with van der Waals surface area (Å²) < 4.78 is 31.9. The van der Waals surface area contributed by atoms with Gasteiger partial charge >= 0.3 is 0 Å². The Hall–Kier alpha value is -3.04. The first kappa shape index (κ1) is 20.2. The average Bonchev–Trinajstić information content (AvgIpc) is 3.33. The summed E-state index contributed by atoms with van der Waals surface area (Å²) in [7, 11) is -2.20. The third-order valence-electron chi connectivity index (χ3n) is 5.31. The fourth-order valence-corrected chi connectivity index (χ4v) is 4.77. The van der Waals surface area contributed by atoms with Crippen LogP contribution in [0.4, 0.5) is 0 Å². The molecule has 0 radical (unpaired) electrons. The molecule has 1 aliphatic carbocycles. The molecule has 3 aromatic rings. The summed E-state index contributed by atoms with van der Waals surface area (Å²) in [5.74, 6) is -0.127. The predicted octanol–water partition coefficient (Wildman–Crippen LogP) is 2.10. The van der Waals surface area contributed by atoms with Crippen LogP contribution >= 0.6 is 0 Å². The van der Waals surface area contributed by atoms with E-state index >= 15 is 0 Å². The van der Waals surface area contributed by atoms with E-state index in [1.807, 2.05) is 24.3 Å². The van der Waals surface area contributed by atoms with Crippen LogP contribution in [0.3, 0.4) is 0 Å². The Morgan fingerprint density at radius 1 is 1.13 bits per heavy atom. The first-order chi connectivity index (χ1) is 14.3. The number of sulfonamides is 1. The van der Waals surface area contributed by atoms with Crippen LogP contribution < -0.4 is 5.32 Å². The molecular weight excluding hydrogens is 404 g/mol. The summed E-state index contributed by atoms with van der Waals surface area (Å²) in [4.78, 5) is 12.6. The van der Waals surface area contributed by atoms with Crippen molar-refractivity contribution < 1.29 is 17.8 Å². The van der Waals surface area contributed by atoms with E-state index < -0.39 is 10.0 Å². The maximum atomic E-state index is 13.0. The molecule has 30 heavy (non-hydrogen) atoms. The van der Waals surface area contributed by atoms with Crippen molar-refractivity contribution in [1.29, 1.82) is 0 Å². The van der Waals surface area contributed by atoms with Crippen molar-refractivity contribution in [3.8, 4) is 0 Å². The number of amides is 1. The molecule has 0 spiro atoms. The van der Waals surface area contributed by atoms with Crippen molar-refractivity contribution in [2.24, 2.45) is 0 Å². The summed E-state index contributed by atoms with van der Waals surface area (Å²) in [6, 6.07) is 14.1. The molecule has 1 aromatic heterocycles. The van der Waals surface area contributed by atoms with Crippen molar-refractivity contribution in [3.63, 3.8) is 0 Å². The smallest absolute Gasteiger partial charge is 0.251 e. The fourth-order valence-electron chi connectivity index (χ4n) is 3.58. The minimum Gasteiger partial charge on any atom is -0.349 e. The number of fused-ring (bicyclic) bond motifs is 1. The molecule has 1 amide bonds. The van der Waals surface area contributed by atoms with Gasteiger partial charge < -0.3 is 5.32 Å². The molecule has 1 N–H and O–H groups in total. The van der Waals surface area contributed by atoms with Gasteiger partial charge in [-0.2, -0.15) is 4.31 Å². The molecule has 0 aliphatic heterocycles. The molecule has 1 aliphatic rings. The van der Waals surface area contributed by atoms with Gasteiger partial charge in [-0.05, 0) is 55.2 Å². The van der Waals surface area contributed by atoms with Gasteiger partial charge in [0.1, 0.15) is 11.4 Å². The molecule has 4 rings (SSSR count). The Labute approximate surface area is 174 Å². The molecule has 0 saturated heterocycles. The number of nitrogens with one attached hydrogen (secondary N) is 1. The van der Waals surface area contributed by atoms with Crippen molar-refractivity contribution in [2.75, 3.05) is 7.05 Å². The van der Waals surface area contributed by atoms with Gasteiger partial charge in [-0.25, -0.2) is 13.0 Å². The number of aromatic nitrogens is 2. The van der Waals surface area contributed by atoms with Gasteiger partial charge in [-0.15, -0.1) is 0 Å². The van der Waals surface area contributed by atoms with Crippen molar-refractivity contribution in [1.82, 2.24) is 19.9 Å². The van der Waals surface area contributed by atoms with Gasteiger partial charge in [0.25, 0.3) is 5.91 Å². The van der Waals surface area contributed by atoms with Crippen LogP contribution in [-0.2, 0) is 29.4 Å². The highest BCUT2D eigenvalue weighted by atomic mass is 32.2. The molecule has 156 valence electrons. The van der Waals surface area contributed by atoms with E-state index in [4.69, 9.17) is 0 Å².